The van der Waals surface area contributed by atoms with Crippen molar-refractivity contribution < 1.29 is 9.18 Å². The van der Waals surface area contributed by atoms with Gasteiger partial charge in [0.2, 0.25) is 0 Å². The predicted octanol–water partition coefficient (Wildman–Crippen LogP) is 4.18. The Morgan fingerprint density at radius 2 is 1.72 bits per heavy atom. The van der Waals surface area contributed by atoms with Crippen molar-refractivity contribution in [2.45, 2.75) is 19.5 Å². The Kier molecular flexibility index (Phi) is 3.88. The second-order valence-corrected chi connectivity index (χ2v) is 6.45. The van der Waals surface area contributed by atoms with Crippen LogP contribution in [0.15, 0.2) is 66.9 Å². The van der Waals surface area contributed by atoms with Crippen LogP contribution in [0.25, 0.3) is 0 Å². The predicted molar refractivity (Wildman–Crippen MR) is 94.9 cm³/mol. The maximum atomic E-state index is 13.2. The van der Waals surface area contributed by atoms with Crippen LogP contribution in [0.5, 0.6) is 0 Å². The highest BCUT2D eigenvalue weighted by molar-refractivity contribution is 5.94. The number of amides is 1. The minimum atomic E-state index is -0.334. The summed E-state index contributed by atoms with van der Waals surface area (Å²) in [7, 11) is 0. The molecule has 0 bridgehead atoms. The molecule has 0 unspecified atom stereocenters. The van der Waals surface area contributed by atoms with E-state index in [0.29, 0.717) is 12.1 Å². The largest absolute Gasteiger partial charge is 0.348 e. The Hall–Kier alpha value is -2.88. The third-order valence-corrected chi connectivity index (χ3v) is 4.78. The van der Waals surface area contributed by atoms with Gasteiger partial charge >= 0.3 is 0 Å². The first-order valence-electron chi connectivity index (χ1n) is 8.41. The van der Waals surface area contributed by atoms with Crippen molar-refractivity contribution in [3.8, 4) is 0 Å². The molecule has 0 N–H and O–H groups in total. The van der Waals surface area contributed by atoms with E-state index in [1.807, 2.05) is 11.0 Å². The molecule has 0 spiro atoms. The molecule has 2 aromatic carbocycles. The maximum Gasteiger partial charge on any atom is 0.254 e. The Balaban J connectivity index is 1.76. The maximum absolute atomic E-state index is 13.2. The summed E-state index contributed by atoms with van der Waals surface area (Å²) in [6.45, 7) is 3.43. The topological polar surface area (TPSA) is 25.2 Å². The third kappa shape index (κ3) is 2.84. The summed E-state index contributed by atoms with van der Waals surface area (Å²) in [5, 5.41) is 0. The lowest BCUT2D eigenvalue weighted by Gasteiger charge is -2.37. The van der Waals surface area contributed by atoms with Crippen molar-refractivity contribution in [2.75, 3.05) is 6.54 Å². The van der Waals surface area contributed by atoms with Crippen LogP contribution in [0.2, 0.25) is 0 Å². The number of nitrogens with zero attached hydrogens (tertiary/aromatic N) is 2. The van der Waals surface area contributed by atoms with Gasteiger partial charge in [0.1, 0.15) is 5.82 Å². The van der Waals surface area contributed by atoms with Gasteiger partial charge in [-0.3, -0.25) is 4.79 Å². The molecule has 3 aromatic rings. The number of fused-ring (bicyclic) bond motifs is 1. The first kappa shape index (κ1) is 15.6. The average Bonchev–Trinajstić information content (AvgIpc) is 3.10. The van der Waals surface area contributed by atoms with Crippen molar-refractivity contribution in [2.24, 2.45) is 0 Å². The zero-order valence-electron chi connectivity index (χ0n) is 14.0. The quantitative estimate of drug-likeness (QED) is 0.690. The molecule has 1 atom stereocenters. The van der Waals surface area contributed by atoms with Crippen LogP contribution in [-0.4, -0.2) is 21.9 Å². The normalized spacial score (nSPS) is 16.6. The Labute approximate surface area is 146 Å². The number of carbonyl (C=O) groups excluding carboxylic acids is 1. The molecule has 0 aliphatic carbocycles. The van der Waals surface area contributed by atoms with Gasteiger partial charge in [0.15, 0.2) is 0 Å². The third-order valence-electron chi connectivity index (χ3n) is 4.78. The molecule has 1 aliphatic rings. The number of aryl methyl sites for hydroxylation is 1. The molecule has 25 heavy (non-hydrogen) atoms. The zero-order chi connectivity index (χ0) is 17.4. The van der Waals surface area contributed by atoms with Crippen LogP contribution < -0.4 is 0 Å². The van der Waals surface area contributed by atoms with Crippen molar-refractivity contribution in [3.05, 3.63) is 95.1 Å². The molecular weight excluding hydrogens is 315 g/mol. The van der Waals surface area contributed by atoms with Crippen molar-refractivity contribution in [1.82, 2.24) is 9.47 Å². The molecule has 0 saturated heterocycles. The fourth-order valence-corrected chi connectivity index (χ4v) is 3.46. The first-order chi connectivity index (χ1) is 12.1. The number of aromatic nitrogens is 1. The Morgan fingerprint density at radius 3 is 2.44 bits per heavy atom. The van der Waals surface area contributed by atoms with Gasteiger partial charge in [-0.05, 0) is 48.9 Å². The molecule has 1 aromatic heterocycles. The average molecular weight is 334 g/mol. The van der Waals surface area contributed by atoms with Crippen LogP contribution in [-0.2, 0) is 6.54 Å². The van der Waals surface area contributed by atoms with Gasteiger partial charge in [-0.25, -0.2) is 4.39 Å². The molecule has 4 rings (SSSR count). The Bertz CT molecular complexity index is 896. The Morgan fingerprint density at radius 1 is 1.00 bits per heavy atom. The fourth-order valence-electron chi connectivity index (χ4n) is 3.46. The highest BCUT2D eigenvalue weighted by atomic mass is 19.1. The number of hydrogen-bond acceptors (Lipinski definition) is 1. The van der Waals surface area contributed by atoms with Gasteiger partial charge in [0.25, 0.3) is 5.91 Å². The highest BCUT2D eigenvalue weighted by Crippen LogP contribution is 2.33. The van der Waals surface area contributed by atoms with E-state index < -0.39 is 0 Å². The van der Waals surface area contributed by atoms with Crippen LogP contribution >= 0.6 is 0 Å². The minimum Gasteiger partial charge on any atom is -0.348 e. The zero-order valence-corrected chi connectivity index (χ0v) is 14.0. The molecule has 0 saturated carbocycles. The molecule has 0 fully saturated rings. The lowest BCUT2D eigenvalue weighted by Crippen LogP contribution is -2.42. The monoisotopic (exact) mass is 334 g/mol. The second kappa shape index (κ2) is 6.20. The summed E-state index contributed by atoms with van der Waals surface area (Å²) < 4.78 is 15.4. The molecule has 0 radical (unpaired) electrons. The molecule has 1 amide bonds. The molecule has 126 valence electrons. The van der Waals surface area contributed by atoms with Gasteiger partial charge in [0.05, 0.1) is 6.04 Å². The SMILES string of the molecule is Cc1ccc([C@@H]2c3cccn3CCN2C(=O)c2ccc(F)cc2)cc1. The van der Waals surface area contributed by atoms with Gasteiger partial charge in [-0.2, -0.15) is 0 Å². The van der Waals surface area contributed by atoms with Crippen molar-refractivity contribution >= 4 is 5.91 Å². The van der Waals surface area contributed by atoms with Crippen LogP contribution in [0.1, 0.15) is 33.2 Å². The van der Waals surface area contributed by atoms with Crippen LogP contribution in [0.4, 0.5) is 4.39 Å². The van der Waals surface area contributed by atoms with Gasteiger partial charge < -0.3 is 9.47 Å². The highest BCUT2D eigenvalue weighted by Gasteiger charge is 2.32. The van der Waals surface area contributed by atoms with Crippen molar-refractivity contribution in [1.29, 1.82) is 0 Å². The minimum absolute atomic E-state index is 0.0713. The van der Waals surface area contributed by atoms with E-state index in [1.54, 1.807) is 12.1 Å². The van der Waals surface area contributed by atoms with Crippen LogP contribution in [0, 0.1) is 12.7 Å². The first-order valence-corrected chi connectivity index (χ1v) is 8.41. The number of benzene rings is 2. The summed E-state index contributed by atoms with van der Waals surface area (Å²) in [4.78, 5) is 15.0. The van der Waals surface area contributed by atoms with Gasteiger partial charge in [0, 0.05) is 30.5 Å². The number of rotatable bonds is 2. The standard InChI is InChI=1S/C21H19FN2O/c1-15-4-6-16(7-5-15)20-19-3-2-12-23(19)13-14-24(20)21(25)17-8-10-18(22)11-9-17/h2-12,20H,13-14H2,1H3/t20-/m1/s1. The summed E-state index contributed by atoms with van der Waals surface area (Å²) in [6.07, 6.45) is 2.05. The summed E-state index contributed by atoms with van der Waals surface area (Å²) in [5.41, 5.74) is 3.89. The van der Waals surface area contributed by atoms with Crippen LogP contribution in [0.3, 0.4) is 0 Å². The van der Waals surface area contributed by atoms with Crippen molar-refractivity contribution in [3.63, 3.8) is 0 Å². The van der Waals surface area contributed by atoms with E-state index in [9.17, 15) is 9.18 Å². The van der Waals surface area contributed by atoms with E-state index in [1.165, 1.54) is 17.7 Å². The van der Waals surface area contributed by atoms with E-state index in [0.717, 1.165) is 17.8 Å². The van der Waals surface area contributed by atoms with Gasteiger partial charge in [-0.15, -0.1) is 0 Å². The van der Waals surface area contributed by atoms with E-state index >= 15 is 0 Å². The van der Waals surface area contributed by atoms with Gasteiger partial charge in [-0.1, -0.05) is 29.8 Å². The molecule has 2 heterocycles. The molecule has 3 nitrogen and oxygen atoms in total. The van der Waals surface area contributed by atoms with E-state index in [-0.39, 0.29) is 17.8 Å². The number of halogens is 1. The number of carbonyl (C=O) groups is 1. The lowest BCUT2D eigenvalue weighted by molar-refractivity contribution is 0.0664. The summed E-state index contributed by atoms with van der Waals surface area (Å²) >= 11 is 0. The molecule has 4 heteroatoms. The molecular formula is C21H19FN2O. The van der Waals surface area contributed by atoms with E-state index in [4.69, 9.17) is 0 Å². The molecule has 1 aliphatic heterocycles. The smallest absolute Gasteiger partial charge is 0.254 e. The summed E-state index contributed by atoms with van der Waals surface area (Å²) in [6, 6.07) is 18.0. The fraction of sp³-hybridized carbons (Fsp3) is 0.190. The number of hydrogen-bond donors (Lipinski definition) is 0. The lowest BCUT2D eigenvalue weighted by atomic mass is 9.98. The second-order valence-electron chi connectivity index (χ2n) is 6.45. The van der Waals surface area contributed by atoms with E-state index in [2.05, 4.69) is 48.0 Å². The summed E-state index contributed by atoms with van der Waals surface area (Å²) in [5.74, 6) is -0.405.